The first kappa shape index (κ1) is 32.5. The van der Waals surface area contributed by atoms with Gasteiger partial charge in [-0.2, -0.15) is 0 Å². The number of rotatable bonds is 10. The van der Waals surface area contributed by atoms with E-state index in [1.54, 1.807) is 51.1 Å². The molecule has 1 aromatic carbocycles. The van der Waals surface area contributed by atoms with Crippen LogP contribution in [0.2, 0.25) is 0 Å². The zero-order valence-electron chi connectivity index (χ0n) is 24.2. The van der Waals surface area contributed by atoms with E-state index in [1.165, 1.54) is 4.90 Å². The Morgan fingerprint density at radius 3 is 2.23 bits per heavy atom. The predicted molar refractivity (Wildman–Crippen MR) is 148 cm³/mol. The fraction of sp³-hybridized carbons (Fsp3) is 0.607. The number of carbonyl (C=O) groups is 5. The van der Waals surface area contributed by atoms with Crippen LogP contribution in [-0.2, 0) is 30.3 Å². The molecule has 12 heteroatoms. The van der Waals surface area contributed by atoms with Gasteiger partial charge >= 0.3 is 6.09 Å². The van der Waals surface area contributed by atoms with E-state index >= 15 is 0 Å². The first-order valence-electron chi connectivity index (χ1n) is 13.4. The summed E-state index contributed by atoms with van der Waals surface area (Å²) in [7, 11) is 0. The molecule has 1 aliphatic heterocycles. The molecule has 40 heavy (non-hydrogen) atoms. The Bertz CT molecular complexity index is 1070. The van der Waals surface area contributed by atoms with Gasteiger partial charge in [0.2, 0.25) is 17.7 Å². The topological polar surface area (TPSA) is 180 Å². The second-order valence-electron chi connectivity index (χ2n) is 12.0. The number of nitrogens with zero attached hydrogens (tertiary/aromatic N) is 1. The molecule has 0 saturated carbocycles. The molecule has 6 N–H and O–H groups in total. The lowest BCUT2D eigenvalue weighted by Gasteiger charge is -2.32. The van der Waals surface area contributed by atoms with Gasteiger partial charge in [-0.15, -0.1) is 0 Å². The molecular formula is C28H43N5O7. The van der Waals surface area contributed by atoms with Crippen molar-refractivity contribution in [3.05, 3.63) is 35.9 Å². The SMILES string of the molecule is CC(C)(C)NC(=O)[C@@H]1CCCN1C(=O)[C@@H](O)[C@H](Cc1ccccc1)NC(=O)[C@H](CC(N)=O)NC(=O)OC(C)(C)C. The zero-order valence-corrected chi connectivity index (χ0v) is 24.2. The standard InChI is InChI=1S/C28H43N5O7/c1-27(2,3)32-24(37)20-13-10-14-33(20)25(38)22(35)18(15-17-11-8-7-9-12-17)30-23(36)19(16-21(29)34)31-26(39)40-28(4,5)6/h7-9,11-12,18-20,22,35H,10,13-16H2,1-6H3,(H2,29,34)(H,30,36)(H,31,39)(H,32,37)/t18-,19-,20-,22-/m0/s1. The molecule has 4 atom stereocenters. The van der Waals surface area contributed by atoms with Gasteiger partial charge in [0.25, 0.3) is 5.91 Å². The van der Waals surface area contributed by atoms with Crippen LogP contribution in [0.3, 0.4) is 0 Å². The number of nitrogens with two attached hydrogens (primary N) is 1. The third-order valence-electron chi connectivity index (χ3n) is 6.01. The molecule has 0 spiro atoms. The van der Waals surface area contributed by atoms with E-state index in [4.69, 9.17) is 10.5 Å². The number of amides is 5. The second-order valence-corrected chi connectivity index (χ2v) is 12.0. The Balaban J connectivity index is 2.28. The van der Waals surface area contributed by atoms with Crippen LogP contribution in [0.4, 0.5) is 4.79 Å². The zero-order chi connectivity index (χ0) is 30.3. The maximum Gasteiger partial charge on any atom is 0.408 e. The summed E-state index contributed by atoms with van der Waals surface area (Å²) in [6.45, 7) is 10.7. The Labute approximate surface area is 235 Å². The number of hydrogen-bond acceptors (Lipinski definition) is 7. The maximum absolute atomic E-state index is 13.5. The number of nitrogens with one attached hydrogen (secondary N) is 3. The molecule has 1 heterocycles. The van der Waals surface area contributed by atoms with Crippen molar-refractivity contribution in [3.8, 4) is 0 Å². The highest BCUT2D eigenvalue weighted by Crippen LogP contribution is 2.21. The fourth-order valence-corrected chi connectivity index (χ4v) is 4.35. The molecule has 1 fully saturated rings. The van der Waals surface area contributed by atoms with Gasteiger partial charge in [0.15, 0.2) is 6.10 Å². The van der Waals surface area contributed by atoms with E-state index in [1.807, 2.05) is 20.8 Å². The Kier molecular flexibility index (Phi) is 11.1. The van der Waals surface area contributed by atoms with Crippen molar-refractivity contribution in [2.75, 3.05) is 6.54 Å². The average Bonchev–Trinajstić information content (AvgIpc) is 3.30. The molecule has 222 valence electrons. The van der Waals surface area contributed by atoms with Gasteiger partial charge in [0, 0.05) is 12.1 Å². The summed E-state index contributed by atoms with van der Waals surface area (Å²) in [4.78, 5) is 65.0. The molecule has 5 amide bonds. The van der Waals surface area contributed by atoms with Crippen LogP contribution in [-0.4, -0.2) is 81.6 Å². The van der Waals surface area contributed by atoms with Gasteiger partial charge in [-0.3, -0.25) is 19.2 Å². The lowest BCUT2D eigenvalue weighted by molar-refractivity contribution is -0.147. The van der Waals surface area contributed by atoms with Crippen LogP contribution in [0.5, 0.6) is 0 Å². The summed E-state index contributed by atoms with van der Waals surface area (Å²) in [6, 6.07) is 5.57. The summed E-state index contributed by atoms with van der Waals surface area (Å²) in [5, 5.41) is 19.1. The van der Waals surface area contributed by atoms with Crippen molar-refractivity contribution in [2.45, 2.75) is 103 Å². The highest BCUT2D eigenvalue weighted by Gasteiger charge is 2.41. The molecule has 1 aromatic rings. The van der Waals surface area contributed by atoms with E-state index in [0.717, 1.165) is 5.56 Å². The normalized spacial score (nSPS) is 17.8. The first-order chi connectivity index (χ1) is 18.5. The van der Waals surface area contributed by atoms with E-state index in [2.05, 4.69) is 16.0 Å². The smallest absolute Gasteiger partial charge is 0.408 e. The number of hydrogen-bond donors (Lipinski definition) is 5. The Morgan fingerprint density at radius 1 is 1.05 bits per heavy atom. The number of carbonyl (C=O) groups excluding carboxylic acids is 5. The van der Waals surface area contributed by atoms with E-state index in [9.17, 15) is 29.1 Å². The maximum atomic E-state index is 13.5. The molecular weight excluding hydrogens is 518 g/mol. The summed E-state index contributed by atoms with van der Waals surface area (Å²) in [5.74, 6) is -2.71. The van der Waals surface area contributed by atoms with Crippen LogP contribution in [0.25, 0.3) is 0 Å². The number of aliphatic hydroxyl groups excluding tert-OH is 1. The van der Waals surface area contributed by atoms with Gasteiger partial charge in [-0.25, -0.2) is 4.79 Å². The second kappa shape index (κ2) is 13.6. The number of benzene rings is 1. The number of alkyl carbamates (subject to hydrolysis) is 1. The highest BCUT2D eigenvalue weighted by atomic mass is 16.6. The van der Waals surface area contributed by atoms with Crippen molar-refractivity contribution in [1.29, 1.82) is 0 Å². The van der Waals surface area contributed by atoms with Crippen molar-refractivity contribution >= 4 is 29.7 Å². The molecule has 0 aliphatic carbocycles. The minimum atomic E-state index is -1.72. The largest absolute Gasteiger partial charge is 0.444 e. The summed E-state index contributed by atoms with van der Waals surface area (Å²) >= 11 is 0. The molecule has 1 saturated heterocycles. The number of likely N-dealkylation sites (tertiary alicyclic amines) is 1. The quantitative estimate of drug-likeness (QED) is 0.279. The monoisotopic (exact) mass is 561 g/mol. The van der Waals surface area contributed by atoms with E-state index < -0.39 is 65.6 Å². The highest BCUT2D eigenvalue weighted by molar-refractivity contribution is 5.93. The third-order valence-corrected chi connectivity index (χ3v) is 6.01. The van der Waals surface area contributed by atoms with Crippen LogP contribution >= 0.6 is 0 Å². The summed E-state index contributed by atoms with van der Waals surface area (Å²) in [6.07, 6.45) is -2.11. The van der Waals surface area contributed by atoms with Gasteiger partial charge in [0.05, 0.1) is 12.5 Å². The average molecular weight is 562 g/mol. The first-order valence-corrected chi connectivity index (χ1v) is 13.4. The van der Waals surface area contributed by atoms with Gasteiger partial charge < -0.3 is 36.4 Å². The molecule has 0 radical (unpaired) electrons. The fourth-order valence-electron chi connectivity index (χ4n) is 4.35. The Morgan fingerprint density at radius 2 is 1.68 bits per heavy atom. The lowest BCUT2D eigenvalue weighted by atomic mass is 9.99. The van der Waals surface area contributed by atoms with Crippen LogP contribution in [0.1, 0.15) is 66.4 Å². The molecule has 2 rings (SSSR count). The van der Waals surface area contributed by atoms with Crippen molar-refractivity contribution in [3.63, 3.8) is 0 Å². The van der Waals surface area contributed by atoms with Crippen LogP contribution in [0.15, 0.2) is 30.3 Å². The van der Waals surface area contributed by atoms with Crippen molar-refractivity contribution < 1.29 is 33.8 Å². The third kappa shape index (κ3) is 10.5. The van der Waals surface area contributed by atoms with Crippen molar-refractivity contribution in [1.82, 2.24) is 20.9 Å². The summed E-state index contributed by atoms with van der Waals surface area (Å²) in [5.41, 5.74) is 4.66. The number of primary amides is 1. The van der Waals surface area contributed by atoms with Gasteiger partial charge in [0.1, 0.15) is 17.7 Å². The van der Waals surface area contributed by atoms with E-state index in [-0.39, 0.29) is 18.9 Å². The Hall–Kier alpha value is -3.67. The van der Waals surface area contributed by atoms with Crippen molar-refractivity contribution in [2.24, 2.45) is 5.73 Å². The van der Waals surface area contributed by atoms with Gasteiger partial charge in [-0.1, -0.05) is 30.3 Å². The minimum absolute atomic E-state index is 0.0575. The summed E-state index contributed by atoms with van der Waals surface area (Å²) < 4.78 is 5.19. The van der Waals surface area contributed by atoms with E-state index in [0.29, 0.717) is 12.8 Å². The number of aliphatic hydroxyl groups is 1. The van der Waals surface area contributed by atoms with Crippen LogP contribution in [0, 0.1) is 0 Å². The molecule has 0 unspecified atom stereocenters. The molecule has 1 aliphatic rings. The van der Waals surface area contributed by atoms with Gasteiger partial charge in [-0.05, 0) is 66.4 Å². The lowest BCUT2D eigenvalue weighted by Crippen LogP contribution is -2.59. The molecule has 12 nitrogen and oxygen atoms in total. The van der Waals surface area contributed by atoms with Crippen LogP contribution < -0.4 is 21.7 Å². The molecule has 0 aromatic heterocycles. The number of ether oxygens (including phenoxy) is 1. The molecule has 0 bridgehead atoms. The predicted octanol–water partition coefficient (Wildman–Crippen LogP) is 0.749. The minimum Gasteiger partial charge on any atom is -0.444 e.